The molecule has 2 fully saturated rings. The molecule has 9 N–H and O–H groups in total. The topological polar surface area (TPSA) is 228 Å². The summed E-state index contributed by atoms with van der Waals surface area (Å²) in [6.07, 6.45) is 77.6. The van der Waals surface area contributed by atoms with Gasteiger partial charge in [-0.1, -0.05) is 356 Å². The van der Waals surface area contributed by atoms with E-state index in [9.17, 15) is 45.6 Å². The van der Waals surface area contributed by atoms with Crippen molar-refractivity contribution in [2.45, 2.75) is 421 Å². The van der Waals surface area contributed by atoms with E-state index in [0.717, 1.165) is 103 Å². The zero-order valence-corrected chi connectivity index (χ0v) is 62.5. The number of aliphatic hydroxyl groups is 8. The van der Waals surface area contributed by atoms with Crippen molar-refractivity contribution in [3.05, 3.63) is 85.1 Å². The van der Waals surface area contributed by atoms with Crippen molar-refractivity contribution >= 4 is 5.91 Å². The molecule has 0 aliphatic carbocycles. The molecule has 0 bridgehead atoms. The van der Waals surface area contributed by atoms with Gasteiger partial charge in [0.2, 0.25) is 5.91 Å². The first-order chi connectivity index (χ1) is 48.1. The van der Waals surface area contributed by atoms with E-state index in [1.54, 1.807) is 0 Å². The predicted molar refractivity (Wildman–Crippen MR) is 406 cm³/mol. The minimum Gasteiger partial charge on any atom is -0.394 e. The first-order valence-corrected chi connectivity index (χ1v) is 40.8. The second-order valence-corrected chi connectivity index (χ2v) is 28.5. The van der Waals surface area contributed by atoms with Crippen molar-refractivity contribution in [3.8, 4) is 0 Å². The molecule has 14 heteroatoms. The van der Waals surface area contributed by atoms with E-state index in [2.05, 4.69) is 104 Å². The fraction of sp³-hybridized carbons (Fsp3) is 0.821. The number of unbranched alkanes of at least 4 members (excludes halogenated alkanes) is 41. The highest BCUT2D eigenvalue weighted by molar-refractivity contribution is 5.76. The minimum absolute atomic E-state index is 0.208. The van der Waals surface area contributed by atoms with Crippen LogP contribution in [0.2, 0.25) is 0 Å². The van der Waals surface area contributed by atoms with Crippen LogP contribution in [0.1, 0.15) is 348 Å². The summed E-state index contributed by atoms with van der Waals surface area (Å²) in [5, 5.41) is 87.9. The molecule has 2 heterocycles. The monoisotopic (exact) mass is 1380 g/mol. The predicted octanol–water partition coefficient (Wildman–Crippen LogP) is 18.7. The smallest absolute Gasteiger partial charge is 0.220 e. The number of amides is 1. The normalized spacial score (nSPS) is 22.5. The Bertz CT molecular complexity index is 1970. The zero-order valence-electron chi connectivity index (χ0n) is 62.5. The number of carbonyl (C=O) groups excluding carboxylic acids is 1. The molecule has 12 atom stereocenters. The lowest BCUT2D eigenvalue weighted by molar-refractivity contribution is -0.359. The van der Waals surface area contributed by atoms with Gasteiger partial charge in [-0.25, -0.2) is 0 Å². The van der Waals surface area contributed by atoms with Gasteiger partial charge in [0.15, 0.2) is 12.6 Å². The summed E-state index contributed by atoms with van der Waals surface area (Å²) in [7, 11) is 0. The number of nitrogens with one attached hydrogen (secondary N) is 1. The van der Waals surface area contributed by atoms with E-state index in [-0.39, 0.29) is 12.5 Å². The van der Waals surface area contributed by atoms with E-state index in [1.165, 1.54) is 218 Å². The third-order valence-electron chi connectivity index (χ3n) is 19.6. The van der Waals surface area contributed by atoms with E-state index < -0.39 is 86.8 Å². The van der Waals surface area contributed by atoms with Crippen LogP contribution in [-0.4, -0.2) is 140 Å². The Hall–Kier alpha value is -2.83. The van der Waals surface area contributed by atoms with Crippen LogP contribution in [-0.2, 0) is 23.7 Å². The van der Waals surface area contributed by atoms with Gasteiger partial charge in [-0.3, -0.25) is 4.79 Å². The van der Waals surface area contributed by atoms with E-state index in [0.29, 0.717) is 12.8 Å². The summed E-state index contributed by atoms with van der Waals surface area (Å²) in [6.45, 7) is 2.79. The van der Waals surface area contributed by atoms with Crippen LogP contribution in [0.5, 0.6) is 0 Å². The summed E-state index contributed by atoms with van der Waals surface area (Å²) in [4.78, 5) is 13.4. The second kappa shape index (κ2) is 67.4. The molecular formula is C84H151NO13. The van der Waals surface area contributed by atoms with Crippen molar-refractivity contribution in [1.29, 1.82) is 0 Å². The van der Waals surface area contributed by atoms with Crippen LogP contribution >= 0.6 is 0 Å². The molecule has 1 amide bonds. The van der Waals surface area contributed by atoms with Crippen LogP contribution in [0.25, 0.3) is 0 Å². The lowest BCUT2D eigenvalue weighted by Crippen LogP contribution is -2.65. The van der Waals surface area contributed by atoms with Gasteiger partial charge in [-0.15, -0.1) is 0 Å². The molecule has 0 saturated carbocycles. The zero-order chi connectivity index (χ0) is 70.8. The quantitative estimate of drug-likeness (QED) is 0.0204. The number of allylic oxidation sites excluding steroid dienone is 14. The highest BCUT2D eigenvalue weighted by Crippen LogP contribution is 2.30. The molecule has 2 aliphatic rings. The number of rotatable bonds is 68. The highest BCUT2D eigenvalue weighted by atomic mass is 16.7. The van der Waals surface area contributed by atoms with Crippen LogP contribution in [0, 0.1) is 0 Å². The van der Waals surface area contributed by atoms with Crippen molar-refractivity contribution in [2.24, 2.45) is 0 Å². The average Bonchev–Trinajstić information content (AvgIpc) is 0.793. The van der Waals surface area contributed by atoms with Gasteiger partial charge in [-0.2, -0.15) is 0 Å². The molecule has 2 aliphatic heterocycles. The summed E-state index contributed by atoms with van der Waals surface area (Å²) >= 11 is 0. The van der Waals surface area contributed by atoms with E-state index in [4.69, 9.17) is 18.9 Å². The Morgan fingerprint density at radius 2 is 0.704 bits per heavy atom. The maximum Gasteiger partial charge on any atom is 0.220 e. The summed E-state index contributed by atoms with van der Waals surface area (Å²) in [5.74, 6) is -0.208. The van der Waals surface area contributed by atoms with Crippen molar-refractivity contribution in [1.82, 2.24) is 5.32 Å². The Kier molecular flexibility index (Phi) is 62.7. The molecule has 14 nitrogen and oxygen atoms in total. The summed E-state index contributed by atoms with van der Waals surface area (Å²) in [6, 6.07) is -0.838. The molecule has 2 rings (SSSR count). The molecule has 570 valence electrons. The number of ether oxygens (including phenoxy) is 4. The fourth-order valence-corrected chi connectivity index (χ4v) is 13.2. The SMILES string of the molecule is CC/C=C\C/C=C\C/C=C\C/C=C\C/C=C\C/C=C\C/C=C\CCCCCCCCCCCCCC(=O)NC(COC1OC(CO)C(OC2OC(CO)C(O)C(O)C2O)C(O)C1O)C(O)CCCCCCCCCCCCCCCCCCCCCCCCCCCCCCCCC. The highest BCUT2D eigenvalue weighted by Gasteiger charge is 2.51. The molecule has 0 aromatic rings. The van der Waals surface area contributed by atoms with Crippen LogP contribution in [0.15, 0.2) is 85.1 Å². The summed E-state index contributed by atoms with van der Waals surface area (Å²) < 4.78 is 23.0. The van der Waals surface area contributed by atoms with Crippen LogP contribution in [0.3, 0.4) is 0 Å². The van der Waals surface area contributed by atoms with Gasteiger partial charge in [0, 0.05) is 6.42 Å². The molecule has 98 heavy (non-hydrogen) atoms. The molecule has 0 spiro atoms. The molecule has 12 unspecified atom stereocenters. The maximum atomic E-state index is 13.4. The van der Waals surface area contributed by atoms with Gasteiger partial charge in [-0.05, 0) is 70.6 Å². The Morgan fingerprint density at radius 1 is 0.378 bits per heavy atom. The maximum absolute atomic E-state index is 13.4. The van der Waals surface area contributed by atoms with Gasteiger partial charge in [0.05, 0.1) is 32.0 Å². The van der Waals surface area contributed by atoms with Gasteiger partial charge < -0.3 is 65.1 Å². The molecule has 0 aromatic heterocycles. The third-order valence-corrected chi connectivity index (χ3v) is 19.6. The molecule has 0 aromatic carbocycles. The van der Waals surface area contributed by atoms with Crippen LogP contribution < -0.4 is 5.32 Å². The van der Waals surface area contributed by atoms with E-state index in [1.807, 2.05) is 0 Å². The Labute approximate surface area is 599 Å². The molecule has 0 radical (unpaired) electrons. The first-order valence-electron chi connectivity index (χ1n) is 40.8. The largest absolute Gasteiger partial charge is 0.394 e. The number of carbonyl (C=O) groups is 1. The third kappa shape index (κ3) is 49.7. The van der Waals surface area contributed by atoms with Crippen molar-refractivity contribution in [3.63, 3.8) is 0 Å². The minimum atomic E-state index is -1.79. The van der Waals surface area contributed by atoms with Crippen molar-refractivity contribution in [2.75, 3.05) is 19.8 Å². The average molecular weight is 1380 g/mol. The first kappa shape index (κ1) is 91.3. The lowest BCUT2D eigenvalue weighted by atomic mass is 9.97. The van der Waals surface area contributed by atoms with Crippen molar-refractivity contribution < 1.29 is 64.6 Å². The number of aliphatic hydroxyl groups excluding tert-OH is 8. The lowest BCUT2D eigenvalue weighted by Gasteiger charge is -2.46. The fourth-order valence-electron chi connectivity index (χ4n) is 13.2. The van der Waals surface area contributed by atoms with Gasteiger partial charge in [0.25, 0.3) is 0 Å². The van der Waals surface area contributed by atoms with E-state index >= 15 is 0 Å². The summed E-state index contributed by atoms with van der Waals surface area (Å²) in [5.41, 5.74) is 0. The number of hydrogen-bond acceptors (Lipinski definition) is 13. The van der Waals surface area contributed by atoms with Gasteiger partial charge in [0.1, 0.15) is 48.8 Å². The number of hydrogen-bond donors (Lipinski definition) is 9. The van der Waals surface area contributed by atoms with Gasteiger partial charge >= 0.3 is 0 Å². The Morgan fingerprint density at radius 3 is 1.08 bits per heavy atom. The molecular weight excluding hydrogens is 1230 g/mol. The van der Waals surface area contributed by atoms with Crippen LogP contribution in [0.4, 0.5) is 0 Å². The Balaban J connectivity index is 1.61. The molecule has 2 saturated heterocycles. The second-order valence-electron chi connectivity index (χ2n) is 28.5. The standard InChI is InChI=1S/C84H151NO13/c1-3-5-7-9-11-13-15-17-19-21-23-25-27-29-31-33-35-36-38-40-42-44-46-48-50-52-54-56-58-60-62-64-66-68-76(89)85-72(71-95-83-81(94)79(92)82(75(70-87)97-83)98-84-80(93)78(91)77(90)74(69-86)96-84)73(88)67-65-63-61-59-57-55-53-51-49-47-45-43-41-39-37-34-32-30-28-26-24-22-20-18-16-14-12-10-8-6-4-2/h5,7,11,13,17,19,23,25,29,31,35-36,40,42,72-75,77-84,86-88,90-94H,3-4,6,8-10,12,14-16,18,20-22,24,26-28,30,32-34,37-39,41,43-71H2,1-2H3,(H,85,89)/b7-5-,13-11-,19-17-,25-23-,31-29-,36-35-,42-40-.